The first-order valence-corrected chi connectivity index (χ1v) is 31.8. The molecule has 4 nitrogen and oxygen atoms in total. The van der Waals surface area contributed by atoms with Crippen LogP contribution in [0.3, 0.4) is 0 Å². The van der Waals surface area contributed by atoms with E-state index in [-0.39, 0.29) is 35.5 Å². The van der Waals surface area contributed by atoms with Crippen molar-refractivity contribution in [2.45, 2.75) is 115 Å². The van der Waals surface area contributed by atoms with Gasteiger partial charge >= 0.3 is 359 Å². The zero-order valence-corrected chi connectivity index (χ0v) is 40.6. The van der Waals surface area contributed by atoms with Crippen molar-refractivity contribution in [1.82, 2.24) is 10.5 Å². The van der Waals surface area contributed by atoms with Crippen LogP contribution in [0, 0.1) is 10.8 Å². The summed E-state index contributed by atoms with van der Waals surface area (Å²) in [4.78, 5) is 27.7. The van der Waals surface area contributed by atoms with Gasteiger partial charge < -0.3 is 0 Å². The van der Waals surface area contributed by atoms with E-state index in [2.05, 4.69) is 177 Å². The molecule has 4 aromatic rings. The van der Waals surface area contributed by atoms with E-state index in [4.69, 9.17) is 17.0 Å². The Morgan fingerprint density at radius 2 is 0.931 bits per heavy atom. The van der Waals surface area contributed by atoms with Crippen LogP contribution in [-0.4, -0.2) is 16.3 Å². The van der Waals surface area contributed by atoms with Crippen molar-refractivity contribution in [3.63, 3.8) is 0 Å². The fourth-order valence-corrected chi connectivity index (χ4v) is 30.7. The Bertz CT molecular complexity index is 2160. The van der Waals surface area contributed by atoms with Gasteiger partial charge in [-0.15, -0.1) is 0 Å². The molecule has 0 bridgehead atoms. The average molecular weight is 896 g/mol. The molecule has 6 rings (SSSR count). The SMILES string of the molecule is CCC(=O)N[B](NC(=O)CC)[Zr]([Cl])([Cl])([CH]1C(C(C)(C)C)=Cc2c(-c3ccccc3C(C)C)cccc21)[CH]1C(C(C)(C)C)=Cc2c(-c3ccccc3C(C)C)cccc21. The second-order valence-corrected chi connectivity index (χ2v) is 40.6. The zero-order chi connectivity index (χ0) is 42.6. The Morgan fingerprint density at radius 1 is 0.586 bits per heavy atom. The molecule has 0 fully saturated rings. The van der Waals surface area contributed by atoms with Crippen LogP contribution in [0.4, 0.5) is 0 Å². The number of fused-ring (bicyclic) bond motifs is 2. The van der Waals surface area contributed by atoms with Crippen LogP contribution in [0.1, 0.15) is 148 Å². The summed E-state index contributed by atoms with van der Waals surface area (Å²) >= 11 is -6.18. The van der Waals surface area contributed by atoms with Crippen molar-refractivity contribution >= 4 is 45.5 Å². The number of carbonyl (C=O) groups excluding carboxylic acids is 2. The summed E-state index contributed by atoms with van der Waals surface area (Å²) in [5.41, 5.74) is 13.0. The van der Waals surface area contributed by atoms with Crippen LogP contribution in [0.2, 0.25) is 0 Å². The molecule has 0 aliphatic heterocycles. The van der Waals surface area contributed by atoms with Crippen LogP contribution in [0.5, 0.6) is 0 Å². The van der Waals surface area contributed by atoms with E-state index in [1.807, 2.05) is 13.8 Å². The third-order valence-electron chi connectivity index (χ3n) is 12.5. The first-order chi connectivity index (χ1) is 27.1. The zero-order valence-electron chi connectivity index (χ0n) is 36.6. The summed E-state index contributed by atoms with van der Waals surface area (Å²) in [5.74, 6) is 0.203. The van der Waals surface area contributed by atoms with Crippen LogP contribution in [0.15, 0.2) is 96.1 Å². The van der Waals surface area contributed by atoms with Crippen molar-refractivity contribution in [2.24, 2.45) is 10.8 Å². The number of benzene rings is 4. The molecule has 0 heterocycles. The van der Waals surface area contributed by atoms with E-state index < -0.39 is 27.9 Å². The third-order valence-corrected chi connectivity index (χ3v) is 32.2. The van der Waals surface area contributed by atoms with Gasteiger partial charge in [-0.2, -0.15) is 0 Å². The van der Waals surface area contributed by atoms with E-state index in [9.17, 15) is 9.59 Å². The number of nitrogens with one attached hydrogen (secondary N) is 2. The molecular weight excluding hydrogens is 834 g/mol. The topological polar surface area (TPSA) is 58.2 Å². The average Bonchev–Trinajstić information content (AvgIpc) is 3.79. The summed E-state index contributed by atoms with van der Waals surface area (Å²) in [6.45, 7) is 26.0. The minimum absolute atomic E-state index is 0.207. The minimum atomic E-state index is -6.18. The molecule has 2 atom stereocenters. The van der Waals surface area contributed by atoms with Crippen molar-refractivity contribution in [3.8, 4) is 22.3 Å². The molecule has 2 aliphatic carbocycles. The van der Waals surface area contributed by atoms with Crippen molar-refractivity contribution in [2.75, 3.05) is 0 Å². The monoisotopic (exact) mass is 893 g/mol. The number of halogens is 2. The molecule has 0 saturated carbocycles. The maximum absolute atomic E-state index is 13.9. The summed E-state index contributed by atoms with van der Waals surface area (Å²) in [5, 5.41) is 6.63. The molecule has 0 saturated heterocycles. The Hall–Kier alpha value is -3.17. The van der Waals surface area contributed by atoms with E-state index in [0.29, 0.717) is 11.8 Å². The van der Waals surface area contributed by atoms with Gasteiger partial charge in [0.1, 0.15) is 0 Å². The normalized spacial score (nSPS) is 17.3. The van der Waals surface area contributed by atoms with Crippen LogP contribution in [-0.2, 0) is 25.8 Å². The van der Waals surface area contributed by atoms with Gasteiger partial charge in [-0.05, 0) is 0 Å². The van der Waals surface area contributed by atoms with Gasteiger partial charge in [0.25, 0.3) is 0 Å². The van der Waals surface area contributed by atoms with Crippen LogP contribution < -0.4 is 10.5 Å². The number of hydrogen-bond donors (Lipinski definition) is 2. The first kappa shape index (κ1) is 44.4. The third kappa shape index (κ3) is 7.81. The maximum atomic E-state index is 13.9. The Labute approximate surface area is 356 Å². The van der Waals surface area contributed by atoms with Gasteiger partial charge in [0, 0.05) is 0 Å². The van der Waals surface area contributed by atoms with E-state index >= 15 is 0 Å². The molecule has 0 aromatic heterocycles. The predicted molar refractivity (Wildman–Crippen MR) is 247 cm³/mol. The quantitative estimate of drug-likeness (QED) is 0.147. The van der Waals surface area contributed by atoms with Gasteiger partial charge in [0.2, 0.25) is 0 Å². The van der Waals surface area contributed by atoms with Crippen LogP contribution >= 0.6 is 17.0 Å². The summed E-state index contributed by atoms with van der Waals surface area (Å²) in [6.07, 6.45) is 5.12. The van der Waals surface area contributed by atoms with Gasteiger partial charge in [-0.1, -0.05) is 0 Å². The van der Waals surface area contributed by atoms with Crippen molar-refractivity contribution < 1.29 is 25.8 Å². The Kier molecular flexibility index (Phi) is 12.5. The van der Waals surface area contributed by atoms with E-state index in [0.717, 1.165) is 44.5 Å². The Morgan fingerprint density at radius 3 is 1.26 bits per heavy atom. The Balaban J connectivity index is 1.77. The van der Waals surface area contributed by atoms with E-state index in [1.165, 1.54) is 22.3 Å². The second kappa shape index (κ2) is 16.4. The standard InChI is InChI=1S/2C22H25.C6H11BN2O2.2ClH.Zr/c2*1-15(2)18-10-6-7-11-19(18)20-12-8-9-16-13-17(14-21(16)20)22(3,4)5;1-3-5(10)8-7-9-6(11)4-2;;;/h2*6-15H,1-5H3;3-4H2,1-2H3,(H-,8,9,10,11);2*1H;/q;;;;;+1/p-1. The fraction of sp³-hybridized carbons (Fsp3) is 0.400. The molecule has 0 spiro atoms. The molecular formula is C50H62BCl2N2O2Zr. The predicted octanol–water partition coefficient (Wildman–Crippen LogP) is 14.0. The summed E-state index contributed by atoms with van der Waals surface area (Å²) < 4.78 is -1.94. The van der Waals surface area contributed by atoms with Gasteiger partial charge in [0.15, 0.2) is 0 Å². The molecule has 58 heavy (non-hydrogen) atoms. The summed E-state index contributed by atoms with van der Waals surface area (Å²) in [7, 11) is 18.1. The van der Waals surface area contributed by atoms with Gasteiger partial charge in [-0.25, -0.2) is 0 Å². The second-order valence-electron chi connectivity index (χ2n) is 19.2. The number of allylic oxidation sites excluding steroid dienone is 2. The number of carbonyl (C=O) groups is 2. The summed E-state index contributed by atoms with van der Waals surface area (Å²) in [6, 6.07) is 30.4. The van der Waals surface area contributed by atoms with Gasteiger partial charge in [-0.3, -0.25) is 0 Å². The number of amides is 2. The first-order valence-electron chi connectivity index (χ1n) is 21.2. The van der Waals surface area contributed by atoms with Crippen LogP contribution in [0.25, 0.3) is 34.4 Å². The molecule has 4 aromatic carbocycles. The molecule has 2 aliphatic rings. The van der Waals surface area contributed by atoms with Crippen molar-refractivity contribution in [3.05, 3.63) is 129 Å². The van der Waals surface area contributed by atoms with Crippen molar-refractivity contribution in [1.29, 1.82) is 0 Å². The number of hydrogen-bond acceptors (Lipinski definition) is 2. The number of rotatable bonds is 11. The fourth-order valence-electron chi connectivity index (χ4n) is 9.59. The molecule has 0 radical (unpaired) electrons. The van der Waals surface area contributed by atoms with E-state index in [1.54, 1.807) is 0 Å². The molecule has 8 heteroatoms. The molecule has 305 valence electrons. The molecule has 2 N–H and O–H groups in total. The molecule has 2 unspecified atom stereocenters. The van der Waals surface area contributed by atoms with Gasteiger partial charge in [0.05, 0.1) is 0 Å². The molecule has 2 amide bonds.